The van der Waals surface area contributed by atoms with Crippen LogP contribution < -0.4 is 0 Å². The second-order valence-electron chi connectivity index (χ2n) is 6.67. The van der Waals surface area contributed by atoms with Crippen LogP contribution in [0.25, 0.3) is 0 Å². The van der Waals surface area contributed by atoms with Gasteiger partial charge in [0.25, 0.3) is 0 Å². The lowest BCUT2D eigenvalue weighted by Gasteiger charge is -2.02. The minimum Gasteiger partial charge on any atom is -0.469 e. The maximum atomic E-state index is 11.0. The van der Waals surface area contributed by atoms with E-state index in [1.807, 2.05) is 48.5 Å². The normalized spacial score (nSPS) is 9.83. The van der Waals surface area contributed by atoms with E-state index >= 15 is 0 Å². The number of aliphatic hydroxyl groups is 1. The van der Waals surface area contributed by atoms with Crippen LogP contribution in [-0.4, -0.2) is 44.2 Å². The number of esters is 2. The highest BCUT2D eigenvalue weighted by Crippen LogP contribution is 2.08. The van der Waals surface area contributed by atoms with Crippen molar-refractivity contribution in [2.45, 2.75) is 38.5 Å². The number of rotatable bonds is 10. The number of aldehydes is 1. The van der Waals surface area contributed by atoms with Gasteiger partial charge in [0.2, 0.25) is 0 Å². The Morgan fingerprint density at radius 2 is 1.17 bits per heavy atom. The standard InChI is InChI=1S/C12H16O3.C12H14O3/c2*1-15-12(14)9-11-6-4-10(5-7-11)3-2-8-13/h4-7,13H,2-3,8-9H2,1H3;4-8H,2-3,9H2,1H3. The van der Waals surface area contributed by atoms with Crippen LogP contribution in [-0.2, 0) is 49.5 Å². The average molecular weight is 414 g/mol. The van der Waals surface area contributed by atoms with Crippen molar-refractivity contribution in [3.05, 3.63) is 70.8 Å². The first kappa shape index (κ1) is 25.0. The molecule has 0 bridgehead atoms. The van der Waals surface area contributed by atoms with Crippen molar-refractivity contribution in [1.29, 1.82) is 0 Å². The number of benzene rings is 2. The molecule has 6 nitrogen and oxygen atoms in total. The van der Waals surface area contributed by atoms with Gasteiger partial charge in [-0.3, -0.25) is 9.59 Å². The third-order valence-corrected chi connectivity index (χ3v) is 4.37. The van der Waals surface area contributed by atoms with Crippen molar-refractivity contribution in [3.8, 4) is 0 Å². The van der Waals surface area contributed by atoms with E-state index in [-0.39, 0.29) is 18.5 Å². The molecule has 0 spiro atoms. The van der Waals surface area contributed by atoms with Gasteiger partial charge >= 0.3 is 11.9 Å². The molecule has 162 valence electrons. The molecule has 2 rings (SSSR count). The number of aryl methyl sites for hydroxylation is 2. The van der Waals surface area contributed by atoms with Gasteiger partial charge in [-0.2, -0.15) is 0 Å². The summed E-state index contributed by atoms with van der Waals surface area (Å²) in [6.07, 6.45) is 4.45. The highest BCUT2D eigenvalue weighted by Gasteiger charge is 2.03. The molecule has 0 saturated carbocycles. The Labute approximate surface area is 177 Å². The van der Waals surface area contributed by atoms with Crippen molar-refractivity contribution in [3.63, 3.8) is 0 Å². The van der Waals surface area contributed by atoms with E-state index in [1.54, 1.807) is 0 Å². The highest BCUT2D eigenvalue weighted by atomic mass is 16.5. The molecule has 0 fully saturated rings. The van der Waals surface area contributed by atoms with Gasteiger partial charge in [-0.1, -0.05) is 48.5 Å². The van der Waals surface area contributed by atoms with Crippen LogP contribution in [0.5, 0.6) is 0 Å². The molecule has 0 aliphatic rings. The lowest BCUT2D eigenvalue weighted by atomic mass is 10.1. The maximum absolute atomic E-state index is 11.0. The summed E-state index contributed by atoms with van der Waals surface area (Å²) in [4.78, 5) is 32.1. The van der Waals surface area contributed by atoms with Crippen molar-refractivity contribution in [2.75, 3.05) is 20.8 Å². The number of methoxy groups -OCH3 is 2. The molecule has 0 heterocycles. The Kier molecular flexibility index (Phi) is 12.5. The fraction of sp³-hybridized carbons (Fsp3) is 0.375. The summed E-state index contributed by atoms with van der Waals surface area (Å²) >= 11 is 0. The fourth-order valence-corrected chi connectivity index (χ4v) is 2.63. The molecule has 0 aliphatic heterocycles. The molecule has 0 aromatic heterocycles. The molecule has 0 amide bonds. The van der Waals surface area contributed by atoms with Crippen LogP contribution in [0.15, 0.2) is 48.5 Å². The summed E-state index contributed by atoms with van der Waals surface area (Å²) in [5, 5.41) is 8.67. The van der Waals surface area contributed by atoms with Crippen LogP contribution >= 0.6 is 0 Å². The maximum Gasteiger partial charge on any atom is 0.309 e. The molecule has 6 heteroatoms. The van der Waals surface area contributed by atoms with Crippen molar-refractivity contribution >= 4 is 18.2 Å². The van der Waals surface area contributed by atoms with Crippen LogP contribution in [0.2, 0.25) is 0 Å². The van der Waals surface area contributed by atoms with Gasteiger partial charge in [0.15, 0.2) is 0 Å². The molecule has 2 aromatic carbocycles. The predicted octanol–water partition coefficient (Wildman–Crippen LogP) is 2.86. The van der Waals surface area contributed by atoms with Crippen LogP contribution in [0, 0.1) is 0 Å². The molecule has 1 N–H and O–H groups in total. The van der Waals surface area contributed by atoms with E-state index in [2.05, 4.69) is 9.47 Å². The van der Waals surface area contributed by atoms with Gasteiger partial charge in [0.05, 0.1) is 27.1 Å². The number of carbonyl (C=O) groups is 3. The van der Waals surface area contributed by atoms with Gasteiger partial charge in [-0.25, -0.2) is 0 Å². The number of hydrogen-bond donors (Lipinski definition) is 1. The van der Waals surface area contributed by atoms with Gasteiger partial charge in [0, 0.05) is 13.0 Å². The number of carbonyl (C=O) groups excluding carboxylic acids is 3. The van der Waals surface area contributed by atoms with E-state index < -0.39 is 0 Å². The first-order chi connectivity index (χ1) is 14.5. The van der Waals surface area contributed by atoms with Crippen LogP contribution in [0.3, 0.4) is 0 Å². The Morgan fingerprint density at radius 3 is 1.53 bits per heavy atom. The monoisotopic (exact) mass is 414 g/mol. The van der Waals surface area contributed by atoms with Gasteiger partial charge in [-0.15, -0.1) is 0 Å². The Bertz CT molecular complexity index is 765. The molecule has 2 aromatic rings. The fourth-order valence-electron chi connectivity index (χ4n) is 2.63. The quantitative estimate of drug-likeness (QED) is 0.475. The molecule has 0 radical (unpaired) electrons. The summed E-state index contributed by atoms with van der Waals surface area (Å²) in [5.74, 6) is -0.464. The lowest BCUT2D eigenvalue weighted by molar-refractivity contribution is -0.140. The zero-order chi connectivity index (χ0) is 22.2. The summed E-state index contributed by atoms with van der Waals surface area (Å²) in [6.45, 7) is 0.212. The third kappa shape index (κ3) is 10.5. The Morgan fingerprint density at radius 1 is 0.767 bits per heavy atom. The Balaban J connectivity index is 0.000000300. The SMILES string of the molecule is COC(=O)Cc1ccc(CCC=O)cc1.COC(=O)Cc1ccc(CCCO)cc1. The van der Waals surface area contributed by atoms with E-state index in [1.165, 1.54) is 19.8 Å². The van der Waals surface area contributed by atoms with Crippen LogP contribution in [0.4, 0.5) is 0 Å². The molecule has 0 aliphatic carbocycles. The van der Waals surface area contributed by atoms with E-state index in [0.717, 1.165) is 42.2 Å². The summed E-state index contributed by atoms with van der Waals surface area (Å²) in [6, 6.07) is 15.4. The third-order valence-electron chi connectivity index (χ3n) is 4.37. The van der Waals surface area contributed by atoms with Crippen molar-refractivity contribution < 1.29 is 29.0 Å². The molecule has 0 atom stereocenters. The first-order valence-electron chi connectivity index (χ1n) is 9.86. The van der Waals surface area contributed by atoms with Gasteiger partial charge < -0.3 is 19.4 Å². The minimum atomic E-state index is -0.240. The largest absolute Gasteiger partial charge is 0.469 e. The van der Waals surface area contributed by atoms with E-state index in [9.17, 15) is 14.4 Å². The minimum absolute atomic E-state index is 0.212. The second-order valence-corrected chi connectivity index (χ2v) is 6.67. The van der Waals surface area contributed by atoms with Crippen molar-refractivity contribution in [2.24, 2.45) is 0 Å². The molecule has 0 saturated heterocycles. The summed E-state index contributed by atoms with van der Waals surface area (Å²) in [7, 11) is 2.76. The molecule has 0 unspecified atom stereocenters. The van der Waals surface area contributed by atoms with Gasteiger partial charge in [0.1, 0.15) is 6.29 Å². The molecular formula is C24H30O6. The predicted molar refractivity (Wildman–Crippen MR) is 114 cm³/mol. The number of aliphatic hydroxyl groups excluding tert-OH is 1. The zero-order valence-electron chi connectivity index (χ0n) is 17.6. The summed E-state index contributed by atoms with van der Waals surface area (Å²) < 4.78 is 9.14. The highest BCUT2D eigenvalue weighted by molar-refractivity contribution is 5.72. The smallest absolute Gasteiger partial charge is 0.309 e. The molecule has 30 heavy (non-hydrogen) atoms. The second kappa shape index (κ2) is 14.9. The topological polar surface area (TPSA) is 89.9 Å². The van der Waals surface area contributed by atoms with E-state index in [4.69, 9.17) is 5.11 Å². The zero-order valence-corrected chi connectivity index (χ0v) is 17.6. The Hall–Kier alpha value is -2.99. The van der Waals surface area contributed by atoms with Crippen LogP contribution in [0.1, 0.15) is 35.1 Å². The van der Waals surface area contributed by atoms with Gasteiger partial charge in [-0.05, 0) is 41.5 Å². The number of ether oxygens (including phenoxy) is 2. The molecular weight excluding hydrogens is 384 g/mol. The summed E-state index contributed by atoms with van der Waals surface area (Å²) in [5.41, 5.74) is 4.17. The average Bonchev–Trinajstić information content (AvgIpc) is 2.78. The first-order valence-corrected chi connectivity index (χ1v) is 9.86. The number of hydrogen-bond acceptors (Lipinski definition) is 6. The van der Waals surface area contributed by atoms with E-state index in [0.29, 0.717) is 19.3 Å². The van der Waals surface area contributed by atoms with Crippen molar-refractivity contribution in [1.82, 2.24) is 0 Å². The lowest BCUT2D eigenvalue weighted by Crippen LogP contribution is -2.04.